The molecule has 20 heavy (non-hydrogen) atoms. The molecule has 1 aliphatic heterocycles. The number of pyridine rings is 1. The number of carbonyl (C=O) groups is 1. The molecule has 3 heterocycles. The number of hydrogen-bond donors (Lipinski definition) is 2. The average Bonchev–Trinajstić information content (AvgIpc) is 2.90. The summed E-state index contributed by atoms with van der Waals surface area (Å²) in [5.74, 6) is 0.191. The molecule has 0 bridgehead atoms. The van der Waals surface area contributed by atoms with Crippen molar-refractivity contribution in [2.75, 3.05) is 20.2 Å². The van der Waals surface area contributed by atoms with Gasteiger partial charge in [0.25, 0.3) is 0 Å². The fourth-order valence-electron chi connectivity index (χ4n) is 2.72. The Morgan fingerprint density at radius 3 is 2.85 bits per heavy atom. The van der Waals surface area contributed by atoms with E-state index in [0.29, 0.717) is 11.5 Å². The zero-order valence-corrected chi connectivity index (χ0v) is 12.1. The normalized spacial score (nSPS) is 15.8. The van der Waals surface area contributed by atoms with Gasteiger partial charge in [-0.1, -0.05) is 0 Å². The molecule has 5 nitrogen and oxygen atoms in total. The van der Waals surface area contributed by atoms with Gasteiger partial charge >= 0.3 is 5.97 Å². The molecule has 1 aliphatic rings. The van der Waals surface area contributed by atoms with E-state index in [4.69, 9.17) is 4.74 Å². The smallest absolute Gasteiger partial charge is 0.339 e. The molecule has 2 aromatic heterocycles. The lowest BCUT2D eigenvalue weighted by Gasteiger charge is -2.22. The molecular weight excluding hydrogens is 278 g/mol. The predicted molar refractivity (Wildman–Crippen MR) is 79.5 cm³/mol. The molecule has 1 fully saturated rings. The number of nitrogens with zero attached hydrogens (tertiary/aromatic N) is 1. The van der Waals surface area contributed by atoms with Gasteiger partial charge in [0.2, 0.25) is 0 Å². The van der Waals surface area contributed by atoms with Crippen LogP contribution in [0, 0.1) is 0 Å². The first-order chi connectivity index (χ1) is 9.29. The van der Waals surface area contributed by atoms with Crippen molar-refractivity contribution in [3.05, 3.63) is 29.6 Å². The highest BCUT2D eigenvalue weighted by atomic mass is 35.5. The zero-order valence-electron chi connectivity index (χ0n) is 11.3. The van der Waals surface area contributed by atoms with Crippen LogP contribution in [0.3, 0.4) is 0 Å². The van der Waals surface area contributed by atoms with Crippen molar-refractivity contribution in [2.24, 2.45) is 0 Å². The minimum absolute atomic E-state index is 0. The average molecular weight is 296 g/mol. The molecule has 0 atom stereocenters. The quantitative estimate of drug-likeness (QED) is 0.834. The molecule has 0 radical (unpaired) electrons. The molecule has 0 aromatic carbocycles. The zero-order chi connectivity index (χ0) is 13.2. The molecule has 0 unspecified atom stereocenters. The number of rotatable bonds is 2. The lowest BCUT2D eigenvalue weighted by molar-refractivity contribution is 0.0600. The van der Waals surface area contributed by atoms with E-state index < -0.39 is 0 Å². The minimum Gasteiger partial charge on any atom is -0.465 e. The summed E-state index contributed by atoms with van der Waals surface area (Å²) in [6.07, 6.45) is 5.82. The van der Waals surface area contributed by atoms with Crippen LogP contribution in [0.5, 0.6) is 0 Å². The van der Waals surface area contributed by atoms with Gasteiger partial charge in [-0.3, -0.25) is 0 Å². The largest absolute Gasteiger partial charge is 0.465 e. The maximum absolute atomic E-state index is 11.6. The van der Waals surface area contributed by atoms with Crippen LogP contribution in [0.4, 0.5) is 0 Å². The van der Waals surface area contributed by atoms with Crippen LogP contribution in [-0.4, -0.2) is 36.1 Å². The highest BCUT2D eigenvalue weighted by Gasteiger charge is 2.19. The monoisotopic (exact) mass is 295 g/mol. The highest BCUT2D eigenvalue weighted by molar-refractivity contribution is 5.94. The van der Waals surface area contributed by atoms with Gasteiger partial charge in [0.05, 0.1) is 12.7 Å². The number of nitrogens with one attached hydrogen (secondary N) is 2. The highest BCUT2D eigenvalue weighted by Crippen LogP contribution is 2.31. The molecular formula is C14H18ClN3O2. The van der Waals surface area contributed by atoms with E-state index in [1.165, 1.54) is 12.7 Å². The van der Waals surface area contributed by atoms with Gasteiger partial charge in [-0.2, -0.15) is 0 Å². The van der Waals surface area contributed by atoms with E-state index in [1.54, 1.807) is 6.20 Å². The second-order valence-electron chi connectivity index (χ2n) is 4.88. The lowest BCUT2D eigenvalue weighted by Crippen LogP contribution is -2.26. The molecule has 108 valence electrons. The third kappa shape index (κ3) is 2.64. The Kier molecular flexibility index (Phi) is 4.62. The van der Waals surface area contributed by atoms with E-state index in [9.17, 15) is 4.79 Å². The number of halogens is 1. The Hall–Kier alpha value is -1.59. The number of fused-ring (bicyclic) bond motifs is 1. The van der Waals surface area contributed by atoms with Crippen molar-refractivity contribution in [3.63, 3.8) is 0 Å². The molecule has 0 saturated carbocycles. The summed E-state index contributed by atoms with van der Waals surface area (Å²) in [6.45, 7) is 2.09. The Bertz CT molecular complexity index is 605. The van der Waals surface area contributed by atoms with Crippen molar-refractivity contribution in [3.8, 4) is 0 Å². The van der Waals surface area contributed by atoms with Crippen LogP contribution in [0.25, 0.3) is 11.0 Å². The van der Waals surface area contributed by atoms with Crippen LogP contribution in [0.1, 0.15) is 34.7 Å². The van der Waals surface area contributed by atoms with Crippen molar-refractivity contribution in [1.29, 1.82) is 0 Å². The van der Waals surface area contributed by atoms with Crippen LogP contribution in [-0.2, 0) is 4.74 Å². The number of aromatic amines is 1. The predicted octanol–water partition coefficient (Wildman–Crippen LogP) is 2.24. The Morgan fingerprint density at radius 2 is 2.15 bits per heavy atom. The number of methoxy groups -OCH3 is 1. The molecule has 3 rings (SSSR count). The first-order valence-electron chi connectivity index (χ1n) is 6.55. The van der Waals surface area contributed by atoms with E-state index in [0.717, 1.165) is 37.0 Å². The minimum atomic E-state index is -0.341. The fraction of sp³-hybridized carbons (Fsp3) is 0.429. The molecule has 0 spiro atoms. The van der Waals surface area contributed by atoms with Gasteiger partial charge in [0.15, 0.2) is 0 Å². The van der Waals surface area contributed by atoms with Crippen molar-refractivity contribution in [2.45, 2.75) is 18.8 Å². The maximum Gasteiger partial charge on any atom is 0.339 e. The third-order valence-corrected chi connectivity index (χ3v) is 3.76. The molecule has 1 saturated heterocycles. The van der Waals surface area contributed by atoms with Gasteiger partial charge in [0, 0.05) is 17.8 Å². The topological polar surface area (TPSA) is 67.0 Å². The van der Waals surface area contributed by atoms with E-state index in [2.05, 4.69) is 15.3 Å². The summed E-state index contributed by atoms with van der Waals surface area (Å²) in [4.78, 5) is 19.1. The van der Waals surface area contributed by atoms with E-state index in [-0.39, 0.29) is 18.4 Å². The summed E-state index contributed by atoms with van der Waals surface area (Å²) in [5.41, 5.74) is 2.60. The van der Waals surface area contributed by atoms with Crippen molar-refractivity contribution < 1.29 is 9.53 Å². The summed E-state index contributed by atoms with van der Waals surface area (Å²) in [6, 6.07) is 1.88. The summed E-state index contributed by atoms with van der Waals surface area (Å²) >= 11 is 0. The fourth-order valence-corrected chi connectivity index (χ4v) is 2.72. The maximum atomic E-state index is 11.6. The number of aromatic nitrogens is 2. The van der Waals surface area contributed by atoms with Crippen molar-refractivity contribution >= 4 is 29.4 Å². The Morgan fingerprint density at radius 1 is 1.40 bits per heavy atom. The number of esters is 1. The van der Waals surface area contributed by atoms with Crippen molar-refractivity contribution in [1.82, 2.24) is 15.3 Å². The molecule has 0 amide bonds. The lowest BCUT2D eigenvalue weighted by atomic mass is 9.90. The second-order valence-corrected chi connectivity index (χ2v) is 4.88. The van der Waals surface area contributed by atoms with E-state index in [1.807, 2.05) is 12.3 Å². The number of piperidine rings is 1. The third-order valence-electron chi connectivity index (χ3n) is 3.76. The van der Waals surface area contributed by atoms with E-state index >= 15 is 0 Å². The summed E-state index contributed by atoms with van der Waals surface area (Å²) in [5, 5.41) is 4.40. The Labute approximate surface area is 123 Å². The standard InChI is InChI=1S/C14H17N3O2.ClH/c1-19-14(18)10-6-11-12(8-17-13(11)16-7-10)9-2-4-15-5-3-9;/h6-9,15H,2-5H2,1H3,(H,16,17);1H. The first kappa shape index (κ1) is 14.8. The van der Waals surface area contributed by atoms with Gasteiger partial charge < -0.3 is 15.0 Å². The number of hydrogen-bond acceptors (Lipinski definition) is 4. The van der Waals surface area contributed by atoms with Gasteiger partial charge in [-0.15, -0.1) is 12.4 Å². The molecule has 6 heteroatoms. The van der Waals surface area contributed by atoms with Gasteiger partial charge in [-0.05, 0) is 43.5 Å². The van der Waals surface area contributed by atoms with Crippen LogP contribution in [0.2, 0.25) is 0 Å². The second kappa shape index (κ2) is 6.24. The molecule has 0 aliphatic carbocycles. The molecule has 2 aromatic rings. The van der Waals surface area contributed by atoms with Crippen LogP contribution >= 0.6 is 12.4 Å². The molecule has 2 N–H and O–H groups in total. The first-order valence-corrected chi connectivity index (χ1v) is 6.55. The SMILES string of the molecule is COC(=O)c1cnc2[nH]cc(C3CCNCC3)c2c1.Cl. The van der Waals surface area contributed by atoms with Gasteiger partial charge in [-0.25, -0.2) is 9.78 Å². The van der Waals surface area contributed by atoms with Crippen LogP contribution in [0.15, 0.2) is 18.5 Å². The summed E-state index contributed by atoms with van der Waals surface area (Å²) in [7, 11) is 1.39. The van der Waals surface area contributed by atoms with Gasteiger partial charge in [0.1, 0.15) is 5.65 Å². The number of ether oxygens (including phenoxy) is 1. The van der Waals surface area contributed by atoms with Crippen LogP contribution < -0.4 is 5.32 Å². The number of carbonyl (C=O) groups excluding carboxylic acids is 1. The number of H-pyrrole nitrogens is 1. The Balaban J connectivity index is 0.00000147. The summed E-state index contributed by atoms with van der Waals surface area (Å²) < 4.78 is 4.75.